The van der Waals surface area contributed by atoms with Crippen LogP contribution in [0.5, 0.6) is 0 Å². The van der Waals surface area contributed by atoms with E-state index in [-0.39, 0.29) is 29.9 Å². The summed E-state index contributed by atoms with van der Waals surface area (Å²) >= 11 is 0. The number of carbonyl (C=O) groups is 9. The molecule has 6 atom stereocenters. The standard InChI is InChI=1S/C23H38N2O6.C14H25NO4.C8H14N2O3.C2HF3O/c1-23(2,3)31-22(29)25-17(13-15-9-6-5-7-10-15)20(27)24-18(21(28)30-4)14-16-11-8-12-19(16)26;1-14(2,3)19-13(18)15-11(12(16)17)9-10-7-5-4-6-8-10;1-13-8(12)6(9)4-5-2-3-10-7(5)11;3-2(4,5)1-6/h15-18H,5-14H2,1-4H3,(H,24,27)(H,25,29);10-11H,4-9H2,1-3H3,(H,15,18)(H,16,17);5-6H,2-4,9H2,1H3,(H,10,11);1H/t16-,17-,18-;11-;5-,6-;/m000./s1. The van der Waals surface area contributed by atoms with E-state index in [4.69, 9.17) is 24.7 Å². The van der Waals surface area contributed by atoms with E-state index < -0.39 is 83.8 Å². The first-order chi connectivity index (χ1) is 32.1. The fraction of sp³-hybridized carbons (Fsp3) is 0.809. The summed E-state index contributed by atoms with van der Waals surface area (Å²) in [5, 5.41) is 19.8. The number of carboxylic acids is 1. The molecule has 4 fully saturated rings. The molecule has 0 aromatic carbocycles. The number of esters is 2. The molecular weight excluding hydrogens is 916 g/mol. The molecule has 0 unspecified atom stereocenters. The molecule has 4 rings (SSSR count). The molecule has 0 spiro atoms. The fourth-order valence-corrected chi connectivity index (χ4v) is 8.34. The van der Waals surface area contributed by atoms with Crippen molar-refractivity contribution in [3.05, 3.63) is 0 Å². The van der Waals surface area contributed by atoms with Gasteiger partial charge in [-0.2, -0.15) is 13.2 Å². The molecule has 4 amide bonds. The van der Waals surface area contributed by atoms with Crippen LogP contribution in [0.4, 0.5) is 22.8 Å². The van der Waals surface area contributed by atoms with Gasteiger partial charge in [0.15, 0.2) is 0 Å². The van der Waals surface area contributed by atoms with Gasteiger partial charge in [-0.15, -0.1) is 0 Å². The van der Waals surface area contributed by atoms with Crippen molar-refractivity contribution < 1.29 is 80.4 Å². The number of amides is 4. The molecule has 1 heterocycles. The van der Waals surface area contributed by atoms with E-state index in [2.05, 4.69) is 26.0 Å². The van der Waals surface area contributed by atoms with Crippen LogP contribution in [0.15, 0.2) is 0 Å². The fourth-order valence-electron chi connectivity index (χ4n) is 8.34. The number of hydrogen-bond donors (Lipinski definition) is 6. The Morgan fingerprint density at radius 2 is 1.13 bits per heavy atom. The van der Waals surface area contributed by atoms with Crippen molar-refractivity contribution in [2.24, 2.45) is 29.4 Å². The highest BCUT2D eigenvalue weighted by atomic mass is 19.4. The molecule has 0 aromatic rings. The van der Waals surface area contributed by atoms with Gasteiger partial charge in [-0.3, -0.25) is 24.0 Å². The van der Waals surface area contributed by atoms with E-state index in [1.54, 1.807) is 41.5 Å². The van der Waals surface area contributed by atoms with Gasteiger partial charge in [0.1, 0.15) is 41.2 Å². The average molecular weight is 994 g/mol. The van der Waals surface area contributed by atoms with Crippen LogP contribution in [0.1, 0.15) is 157 Å². The van der Waals surface area contributed by atoms with Crippen LogP contribution in [-0.2, 0) is 52.5 Å². The highest BCUT2D eigenvalue weighted by Gasteiger charge is 2.35. The number of carboxylic acid groups (broad SMARTS) is 1. The lowest BCUT2D eigenvalue weighted by Gasteiger charge is -2.29. The molecule has 0 aromatic heterocycles. The molecule has 69 heavy (non-hydrogen) atoms. The third kappa shape index (κ3) is 27.7. The third-order valence-electron chi connectivity index (χ3n) is 11.7. The second kappa shape index (κ2) is 30.6. The molecule has 0 bridgehead atoms. The largest absolute Gasteiger partial charge is 0.480 e. The number of aldehydes is 1. The minimum Gasteiger partial charge on any atom is -0.480 e. The van der Waals surface area contributed by atoms with E-state index in [1.807, 2.05) is 0 Å². The van der Waals surface area contributed by atoms with E-state index >= 15 is 0 Å². The smallest absolute Gasteiger partial charge is 0.446 e. The topological polar surface area (TPSA) is 285 Å². The molecule has 7 N–H and O–H groups in total. The predicted octanol–water partition coefficient (Wildman–Crippen LogP) is 5.96. The maximum absolute atomic E-state index is 13.1. The molecule has 19 nitrogen and oxygen atoms in total. The lowest BCUT2D eigenvalue weighted by Crippen LogP contribution is -2.53. The Labute approximate surface area is 403 Å². The maximum atomic E-state index is 13.1. The zero-order valence-electron chi connectivity index (χ0n) is 41.6. The van der Waals surface area contributed by atoms with Crippen molar-refractivity contribution in [1.82, 2.24) is 21.3 Å². The second-order valence-electron chi connectivity index (χ2n) is 19.9. The molecular formula is C47H78F3N5O14. The van der Waals surface area contributed by atoms with Crippen molar-refractivity contribution in [1.29, 1.82) is 0 Å². The maximum Gasteiger partial charge on any atom is 0.446 e. The average Bonchev–Trinajstić information content (AvgIpc) is 3.87. The molecule has 1 saturated heterocycles. The molecule has 1 aliphatic heterocycles. The number of Topliss-reactive ketones (excluding diaryl/α,β-unsaturated/α-hetero) is 1. The minimum absolute atomic E-state index is 0.0145. The van der Waals surface area contributed by atoms with Gasteiger partial charge in [0.05, 0.1) is 14.2 Å². The van der Waals surface area contributed by atoms with Crippen LogP contribution < -0.4 is 27.0 Å². The van der Waals surface area contributed by atoms with E-state index in [9.17, 15) is 56.6 Å². The van der Waals surface area contributed by atoms with Crippen molar-refractivity contribution in [3.63, 3.8) is 0 Å². The first-order valence-corrected chi connectivity index (χ1v) is 23.8. The first kappa shape index (κ1) is 62.0. The van der Waals surface area contributed by atoms with Gasteiger partial charge in [-0.1, -0.05) is 64.2 Å². The molecule has 22 heteroatoms. The van der Waals surface area contributed by atoms with Crippen molar-refractivity contribution in [3.8, 4) is 0 Å². The monoisotopic (exact) mass is 994 g/mol. The van der Waals surface area contributed by atoms with Crippen LogP contribution in [-0.4, -0.2) is 121 Å². The number of alkyl carbamates (subject to hydrolysis) is 2. The summed E-state index contributed by atoms with van der Waals surface area (Å²) in [7, 11) is 2.55. The number of hydrogen-bond acceptors (Lipinski definition) is 14. The quantitative estimate of drug-likeness (QED) is 0.0627. The van der Waals surface area contributed by atoms with E-state index in [0.717, 1.165) is 64.2 Å². The van der Waals surface area contributed by atoms with Crippen molar-refractivity contribution in [2.75, 3.05) is 20.8 Å². The first-order valence-electron chi connectivity index (χ1n) is 23.8. The summed E-state index contributed by atoms with van der Waals surface area (Å²) in [6.07, 6.45) is 8.42. The SMILES string of the molecule is CC(C)(C)OC(=O)N[C@@H](CC1CCCCC1)C(=O)O.COC(=O)[C@@H](N)C[C@@H]1CCNC1=O.COC(=O)[C@H](C[C@@H]1CCCC1=O)NC(=O)[C@H](CC1CCCCC1)NC(=O)OC(C)(C)C.O=CC(F)(F)F. The van der Waals surface area contributed by atoms with Gasteiger partial charge in [0, 0.05) is 24.8 Å². The third-order valence-corrected chi connectivity index (χ3v) is 11.7. The molecule has 4 aliphatic rings. The summed E-state index contributed by atoms with van der Waals surface area (Å²) in [6.45, 7) is 11.2. The summed E-state index contributed by atoms with van der Waals surface area (Å²) < 4.78 is 51.0. The number of nitrogens with two attached hydrogens (primary N) is 1. The van der Waals surface area contributed by atoms with Gasteiger partial charge < -0.3 is 51.1 Å². The van der Waals surface area contributed by atoms with Gasteiger partial charge in [0.2, 0.25) is 18.1 Å². The Morgan fingerprint density at radius 1 is 0.667 bits per heavy atom. The van der Waals surface area contributed by atoms with Crippen LogP contribution in [0.2, 0.25) is 0 Å². The second-order valence-corrected chi connectivity index (χ2v) is 19.9. The Hall–Kier alpha value is -5.02. The lowest BCUT2D eigenvalue weighted by atomic mass is 9.84. The van der Waals surface area contributed by atoms with Gasteiger partial charge in [-0.05, 0) is 98.3 Å². The highest BCUT2D eigenvalue weighted by Crippen LogP contribution is 2.30. The summed E-state index contributed by atoms with van der Waals surface area (Å²) in [4.78, 5) is 103. The normalized spacial score (nSPS) is 20.4. The Kier molecular flexibility index (Phi) is 27.5. The number of carbonyl (C=O) groups excluding carboxylic acids is 8. The van der Waals surface area contributed by atoms with Crippen LogP contribution in [0.3, 0.4) is 0 Å². The minimum atomic E-state index is -4.64. The van der Waals surface area contributed by atoms with Crippen LogP contribution in [0.25, 0.3) is 0 Å². The number of nitrogens with one attached hydrogen (secondary N) is 4. The zero-order chi connectivity index (χ0) is 52.5. The molecule has 3 saturated carbocycles. The van der Waals surface area contributed by atoms with Gasteiger partial charge in [-0.25, -0.2) is 19.2 Å². The number of aliphatic carboxylic acids is 1. The highest BCUT2D eigenvalue weighted by molar-refractivity contribution is 5.90. The number of ether oxygens (including phenoxy) is 4. The van der Waals surface area contributed by atoms with Crippen molar-refractivity contribution in [2.45, 2.75) is 199 Å². The van der Waals surface area contributed by atoms with Crippen molar-refractivity contribution >= 4 is 54.0 Å². The Bertz CT molecular complexity index is 1670. The van der Waals surface area contributed by atoms with Crippen LogP contribution in [0, 0.1) is 23.7 Å². The summed E-state index contributed by atoms with van der Waals surface area (Å²) in [5.41, 5.74) is 4.21. The molecule has 396 valence electrons. The van der Waals surface area contributed by atoms with Gasteiger partial charge >= 0.3 is 36.3 Å². The summed E-state index contributed by atoms with van der Waals surface area (Å²) in [5.74, 6) is -2.03. The number of methoxy groups -OCH3 is 2. The van der Waals surface area contributed by atoms with E-state index in [1.165, 1.54) is 27.1 Å². The van der Waals surface area contributed by atoms with E-state index in [0.29, 0.717) is 50.5 Å². The number of rotatable bonds is 15. The molecule has 3 aliphatic carbocycles. The van der Waals surface area contributed by atoms with Crippen LogP contribution >= 0.6 is 0 Å². The number of ketones is 1. The number of alkyl halides is 3. The zero-order valence-corrected chi connectivity index (χ0v) is 41.6. The molecule has 0 radical (unpaired) electrons. The Morgan fingerprint density at radius 3 is 1.51 bits per heavy atom. The lowest BCUT2D eigenvalue weighted by molar-refractivity contribution is -0.156. The number of halogens is 3. The Balaban J connectivity index is 0.000000529. The summed E-state index contributed by atoms with van der Waals surface area (Å²) in [6, 6.07) is -3.26. The predicted molar refractivity (Wildman–Crippen MR) is 245 cm³/mol. The van der Waals surface area contributed by atoms with Gasteiger partial charge in [0.25, 0.3) is 0 Å².